The van der Waals surface area contributed by atoms with E-state index in [1.54, 1.807) is 31.5 Å². The van der Waals surface area contributed by atoms with Gasteiger partial charge in [0.2, 0.25) is 0 Å². The molecule has 41 heavy (non-hydrogen) atoms. The Kier molecular flexibility index (Phi) is 7.87. The van der Waals surface area contributed by atoms with E-state index in [2.05, 4.69) is 23.8 Å². The van der Waals surface area contributed by atoms with E-state index >= 15 is 4.39 Å². The fourth-order valence-corrected chi connectivity index (χ4v) is 5.79. The van der Waals surface area contributed by atoms with Gasteiger partial charge in [-0.05, 0) is 59.2 Å². The minimum atomic E-state index is -0.360. The highest BCUT2D eigenvalue weighted by atomic mass is 32.2. The number of pyridine rings is 1. The van der Waals surface area contributed by atoms with Crippen LogP contribution in [0, 0.1) is 5.82 Å². The molecular weight excluding hydrogens is 558 g/mol. The van der Waals surface area contributed by atoms with Gasteiger partial charge in [-0.3, -0.25) is 0 Å². The second kappa shape index (κ2) is 11.9. The zero-order valence-corrected chi connectivity index (χ0v) is 24.3. The lowest BCUT2D eigenvalue weighted by atomic mass is 10.0. The summed E-state index contributed by atoms with van der Waals surface area (Å²) < 4.78 is 30.6. The third-order valence-corrected chi connectivity index (χ3v) is 8.45. The number of nitrogen functional groups attached to an aromatic ring is 1. The Balaban J connectivity index is 1.46. The van der Waals surface area contributed by atoms with Crippen molar-refractivity contribution in [3.8, 4) is 28.3 Å². The maximum Gasteiger partial charge on any atom is 0.163 e. The standard InChI is InChI=1S/C30H28FN6O2PS/c1-38-23-16-19(20-5-4-6-22(27(20)31)36-41-25-8-3-2-7-24(25)40)15-21-28(23)34-29(18-9-10-26(32)33-17-18)35-30(21)37-11-13-39-14-12-37/h2-10,15-17,36H,11-14,40H2,1H3,(H2,32,33). The largest absolute Gasteiger partial charge is 0.494 e. The van der Waals surface area contributed by atoms with Crippen molar-refractivity contribution < 1.29 is 13.9 Å². The van der Waals surface area contributed by atoms with Crippen LogP contribution >= 0.6 is 21.2 Å². The van der Waals surface area contributed by atoms with Crippen molar-refractivity contribution in [1.29, 1.82) is 0 Å². The number of aromatic nitrogens is 3. The second-order valence-corrected chi connectivity index (χ2v) is 10.9. The molecule has 208 valence electrons. The summed E-state index contributed by atoms with van der Waals surface area (Å²) in [6, 6.07) is 20.5. The predicted molar refractivity (Wildman–Crippen MR) is 167 cm³/mol. The molecule has 6 rings (SSSR count). The van der Waals surface area contributed by atoms with Gasteiger partial charge in [0.15, 0.2) is 11.6 Å². The molecule has 0 spiro atoms. The number of halogens is 1. The zero-order valence-electron chi connectivity index (χ0n) is 22.3. The number of anilines is 3. The molecule has 5 aromatic rings. The maximum absolute atomic E-state index is 16.0. The van der Waals surface area contributed by atoms with Gasteiger partial charge in [-0.1, -0.05) is 30.3 Å². The van der Waals surface area contributed by atoms with Crippen molar-refractivity contribution in [2.45, 2.75) is 4.90 Å². The van der Waals surface area contributed by atoms with Gasteiger partial charge in [-0.2, -0.15) is 0 Å². The van der Waals surface area contributed by atoms with Gasteiger partial charge in [0.1, 0.15) is 22.9 Å². The molecule has 3 heterocycles. The topological polar surface area (TPSA) is 98.4 Å². The quantitative estimate of drug-likeness (QED) is 0.188. The molecule has 1 unspecified atom stereocenters. The Morgan fingerprint density at radius 3 is 2.61 bits per heavy atom. The Labute approximate surface area is 243 Å². The molecule has 1 saturated heterocycles. The van der Waals surface area contributed by atoms with Crippen LogP contribution in [0.4, 0.5) is 21.7 Å². The molecule has 8 nitrogen and oxygen atoms in total. The van der Waals surface area contributed by atoms with E-state index in [9.17, 15) is 0 Å². The minimum absolute atomic E-state index is 0.360. The lowest BCUT2D eigenvalue weighted by molar-refractivity contribution is 0.122. The van der Waals surface area contributed by atoms with Crippen molar-refractivity contribution >= 4 is 54.7 Å². The zero-order chi connectivity index (χ0) is 28.3. The summed E-state index contributed by atoms with van der Waals surface area (Å²) in [4.78, 5) is 17.2. The van der Waals surface area contributed by atoms with Crippen molar-refractivity contribution in [1.82, 2.24) is 15.0 Å². The van der Waals surface area contributed by atoms with E-state index in [0.717, 1.165) is 27.0 Å². The number of fused-ring (bicyclic) bond motifs is 1. The average Bonchev–Trinajstić information content (AvgIpc) is 3.01. The van der Waals surface area contributed by atoms with Crippen LogP contribution in [0.3, 0.4) is 0 Å². The third kappa shape index (κ3) is 5.63. The van der Waals surface area contributed by atoms with Gasteiger partial charge in [0.05, 0.1) is 26.0 Å². The van der Waals surface area contributed by atoms with Gasteiger partial charge in [0, 0.05) is 40.7 Å². The maximum atomic E-state index is 16.0. The number of morpholine rings is 1. The molecule has 0 saturated carbocycles. The van der Waals surface area contributed by atoms with Crippen LogP contribution in [0.5, 0.6) is 5.75 Å². The lowest BCUT2D eigenvalue weighted by Gasteiger charge is -2.29. The van der Waals surface area contributed by atoms with Gasteiger partial charge in [-0.25, -0.2) is 19.3 Å². The van der Waals surface area contributed by atoms with Crippen LogP contribution in [0.15, 0.2) is 77.8 Å². The first-order chi connectivity index (χ1) is 20.0. The van der Waals surface area contributed by atoms with Crippen molar-refractivity contribution in [3.63, 3.8) is 0 Å². The average molecular weight is 587 g/mol. The van der Waals surface area contributed by atoms with E-state index in [4.69, 9.17) is 25.2 Å². The summed E-state index contributed by atoms with van der Waals surface area (Å²) in [5.41, 5.74) is 8.65. The van der Waals surface area contributed by atoms with Gasteiger partial charge < -0.3 is 24.8 Å². The fraction of sp³-hybridized carbons (Fsp3) is 0.167. The number of rotatable bonds is 7. The number of nitrogens with zero attached hydrogens (tertiary/aromatic N) is 4. The molecule has 11 heteroatoms. The Hall–Kier alpha value is -3.98. The van der Waals surface area contributed by atoms with E-state index in [0.29, 0.717) is 66.0 Å². The number of nitrogens with one attached hydrogen (secondary N) is 1. The Morgan fingerprint density at radius 1 is 1.02 bits per heavy atom. The summed E-state index contributed by atoms with van der Waals surface area (Å²) in [6.45, 7) is 2.50. The van der Waals surface area contributed by atoms with Crippen molar-refractivity contribution in [2.24, 2.45) is 0 Å². The number of methoxy groups -OCH3 is 1. The first-order valence-electron chi connectivity index (χ1n) is 13.0. The number of nitrogens with two attached hydrogens (primary N) is 1. The van der Waals surface area contributed by atoms with Gasteiger partial charge >= 0.3 is 0 Å². The van der Waals surface area contributed by atoms with E-state index in [1.165, 1.54) is 11.9 Å². The highest BCUT2D eigenvalue weighted by Gasteiger charge is 2.22. The van der Waals surface area contributed by atoms with Crippen molar-refractivity contribution in [2.75, 3.05) is 48.8 Å². The molecule has 2 aromatic heterocycles. The fourth-order valence-electron chi connectivity index (χ4n) is 4.70. The third-order valence-electron chi connectivity index (χ3n) is 6.82. The molecule has 1 fully saturated rings. The lowest BCUT2D eigenvalue weighted by Crippen LogP contribution is -2.37. The summed E-state index contributed by atoms with van der Waals surface area (Å²) >= 11 is 1.36. The van der Waals surface area contributed by atoms with Gasteiger partial charge in [0.25, 0.3) is 0 Å². The number of ether oxygens (including phenoxy) is 2. The Morgan fingerprint density at radius 2 is 1.85 bits per heavy atom. The molecule has 0 radical (unpaired) electrons. The van der Waals surface area contributed by atoms with Crippen LogP contribution < -0.4 is 25.4 Å². The summed E-state index contributed by atoms with van der Waals surface area (Å²) in [5.74, 6) is 1.80. The second-order valence-electron chi connectivity index (χ2n) is 9.43. The molecule has 3 N–H and O–H groups in total. The van der Waals surface area contributed by atoms with E-state index < -0.39 is 0 Å². The van der Waals surface area contributed by atoms with Crippen LogP contribution in [0.1, 0.15) is 0 Å². The Bertz CT molecular complexity index is 1720. The summed E-state index contributed by atoms with van der Waals surface area (Å²) in [6.07, 6.45) is 1.65. The predicted octanol–water partition coefficient (Wildman–Crippen LogP) is 5.54. The molecule has 1 aliphatic rings. The summed E-state index contributed by atoms with van der Waals surface area (Å²) in [7, 11) is 4.29. The van der Waals surface area contributed by atoms with E-state index in [1.807, 2.05) is 48.5 Å². The molecule has 1 aliphatic heterocycles. The van der Waals surface area contributed by atoms with Gasteiger partial charge in [-0.15, -0.1) is 9.24 Å². The van der Waals surface area contributed by atoms with Crippen LogP contribution in [0.25, 0.3) is 33.4 Å². The highest BCUT2D eigenvalue weighted by Crippen LogP contribution is 2.39. The van der Waals surface area contributed by atoms with Crippen LogP contribution in [0.2, 0.25) is 0 Å². The highest BCUT2D eigenvalue weighted by molar-refractivity contribution is 8.01. The number of hydrogen-bond donors (Lipinski definition) is 2. The smallest absolute Gasteiger partial charge is 0.163 e. The first kappa shape index (κ1) is 27.2. The monoisotopic (exact) mass is 586 g/mol. The first-order valence-corrected chi connectivity index (χ1v) is 14.4. The molecule has 0 aliphatic carbocycles. The van der Waals surface area contributed by atoms with Crippen LogP contribution in [-0.2, 0) is 4.74 Å². The molecule has 1 atom stereocenters. The molecule has 0 amide bonds. The SMILES string of the molecule is COc1cc(-c2cccc(NSc3ccccc3P)c2F)cc2c(N3CCOCC3)nc(-c3ccc(N)nc3)nc12. The number of hydrogen-bond acceptors (Lipinski definition) is 9. The summed E-state index contributed by atoms with van der Waals surface area (Å²) in [5, 5.41) is 1.79. The van der Waals surface area contributed by atoms with Crippen molar-refractivity contribution in [3.05, 3.63) is 78.7 Å². The minimum Gasteiger partial charge on any atom is -0.494 e. The van der Waals surface area contributed by atoms with E-state index in [-0.39, 0.29) is 5.82 Å². The molecule has 0 bridgehead atoms. The number of benzene rings is 3. The normalized spacial score (nSPS) is 13.4. The van der Waals surface area contributed by atoms with Crippen LogP contribution in [-0.4, -0.2) is 48.4 Å². The molecular formula is C30H28FN6O2PS. The molecule has 3 aromatic carbocycles.